The molecule has 2 aromatic heterocycles. The van der Waals surface area contributed by atoms with E-state index in [-0.39, 0.29) is 6.04 Å². The van der Waals surface area contributed by atoms with Crippen molar-refractivity contribution >= 4 is 21.7 Å². The van der Waals surface area contributed by atoms with E-state index in [1.54, 1.807) is 6.20 Å². The van der Waals surface area contributed by atoms with Gasteiger partial charge in [-0.15, -0.1) is 0 Å². The summed E-state index contributed by atoms with van der Waals surface area (Å²) < 4.78 is 2.65. The zero-order valence-electron chi connectivity index (χ0n) is 11.6. The summed E-state index contributed by atoms with van der Waals surface area (Å²) in [4.78, 5) is 4.48. The molecule has 3 rings (SSSR count). The van der Waals surface area contributed by atoms with Crippen LogP contribution in [0.1, 0.15) is 23.0 Å². The highest BCUT2D eigenvalue weighted by atomic mass is 79.9. The third kappa shape index (κ3) is 2.56. The largest absolute Gasteiger partial charge is 0.383 e. The van der Waals surface area contributed by atoms with Crippen molar-refractivity contribution in [3.05, 3.63) is 76.2 Å². The standard InChI is InChI=1S/C16H15BrN4/c1-11-14(17)16(18)21(20-11)15(12-7-3-2-4-8-12)13-9-5-6-10-19-13/h2-10,15H,18H2,1H3. The van der Waals surface area contributed by atoms with Crippen LogP contribution in [0.5, 0.6) is 0 Å². The first-order valence-electron chi connectivity index (χ1n) is 6.64. The van der Waals surface area contributed by atoms with Crippen molar-refractivity contribution < 1.29 is 0 Å². The van der Waals surface area contributed by atoms with Gasteiger partial charge in [0.15, 0.2) is 0 Å². The van der Waals surface area contributed by atoms with Gasteiger partial charge in [0.1, 0.15) is 11.9 Å². The van der Waals surface area contributed by atoms with Gasteiger partial charge in [-0.2, -0.15) is 5.10 Å². The molecule has 1 unspecified atom stereocenters. The number of nitrogens with two attached hydrogens (primary N) is 1. The maximum Gasteiger partial charge on any atom is 0.137 e. The van der Waals surface area contributed by atoms with Gasteiger partial charge in [0.25, 0.3) is 0 Å². The number of pyridine rings is 1. The predicted molar refractivity (Wildman–Crippen MR) is 87.0 cm³/mol. The van der Waals surface area contributed by atoms with Crippen molar-refractivity contribution in [1.29, 1.82) is 0 Å². The predicted octanol–water partition coefficient (Wildman–Crippen LogP) is 3.57. The minimum absolute atomic E-state index is 0.141. The van der Waals surface area contributed by atoms with Crippen LogP contribution in [0, 0.1) is 6.92 Å². The van der Waals surface area contributed by atoms with Gasteiger partial charge in [-0.1, -0.05) is 36.4 Å². The number of hydrogen-bond donors (Lipinski definition) is 1. The average Bonchev–Trinajstić information content (AvgIpc) is 2.78. The van der Waals surface area contributed by atoms with Crippen molar-refractivity contribution in [3.63, 3.8) is 0 Å². The fourth-order valence-corrected chi connectivity index (χ4v) is 2.61. The zero-order valence-corrected chi connectivity index (χ0v) is 13.2. The molecule has 21 heavy (non-hydrogen) atoms. The molecule has 2 heterocycles. The van der Waals surface area contributed by atoms with E-state index >= 15 is 0 Å². The fraction of sp³-hybridized carbons (Fsp3) is 0.125. The van der Waals surface area contributed by atoms with Gasteiger partial charge >= 0.3 is 0 Å². The lowest BCUT2D eigenvalue weighted by molar-refractivity contribution is 0.586. The molecule has 0 saturated carbocycles. The molecule has 0 spiro atoms. The molecule has 4 nitrogen and oxygen atoms in total. The first-order chi connectivity index (χ1) is 10.2. The van der Waals surface area contributed by atoms with Crippen LogP contribution in [0.15, 0.2) is 59.2 Å². The molecule has 106 valence electrons. The topological polar surface area (TPSA) is 56.7 Å². The van der Waals surface area contributed by atoms with Crippen LogP contribution < -0.4 is 5.73 Å². The second-order valence-corrected chi connectivity index (χ2v) is 5.59. The molecule has 0 aliphatic heterocycles. The van der Waals surface area contributed by atoms with E-state index in [4.69, 9.17) is 5.73 Å². The Hall–Kier alpha value is -2.14. The summed E-state index contributed by atoms with van der Waals surface area (Å²) in [5, 5.41) is 4.57. The van der Waals surface area contributed by atoms with E-state index in [1.807, 2.05) is 48.0 Å². The molecule has 5 heteroatoms. The average molecular weight is 343 g/mol. The van der Waals surface area contributed by atoms with Crippen LogP contribution in [0.25, 0.3) is 0 Å². The Labute approximate surface area is 131 Å². The van der Waals surface area contributed by atoms with Crippen molar-refractivity contribution in [2.75, 3.05) is 5.73 Å². The molecule has 0 aliphatic rings. The zero-order chi connectivity index (χ0) is 14.8. The summed E-state index contributed by atoms with van der Waals surface area (Å²) in [6.07, 6.45) is 1.78. The van der Waals surface area contributed by atoms with E-state index in [0.29, 0.717) is 5.82 Å². The van der Waals surface area contributed by atoms with Crippen molar-refractivity contribution in [2.24, 2.45) is 0 Å². The quantitative estimate of drug-likeness (QED) is 0.791. The highest BCUT2D eigenvalue weighted by molar-refractivity contribution is 9.10. The lowest BCUT2D eigenvalue weighted by Crippen LogP contribution is -2.17. The van der Waals surface area contributed by atoms with Gasteiger partial charge in [-0.3, -0.25) is 4.98 Å². The Balaban J connectivity index is 2.20. The number of aromatic nitrogens is 3. The minimum atomic E-state index is -0.141. The molecule has 0 bridgehead atoms. The van der Waals surface area contributed by atoms with Crippen molar-refractivity contribution in [3.8, 4) is 0 Å². The molecule has 0 amide bonds. The highest BCUT2D eigenvalue weighted by Gasteiger charge is 2.22. The summed E-state index contributed by atoms with van der Waals surface area (Å²) in [6.45, 7) is 1.93. The summed E-state index contributed by atoms with van der Waals surface area (Å²) >= 11 is 3.48. The van der Waals surface area contributed by atoms with Gasteiger partial charge in [0.2, 0.25) is 0 Å². The maximum atomic E-state index is 6.20. The number of aryl methyl sites for hydroxylation is 1. The van der Waals surface area contributed by atoms with E-state index in [0.717, 1.165) is 21.4 Å². The Morgan fingerprint density at radius 3 is 2.38 bits per heavy atom. The second kappa shape index (κ2) is 5.69. The molecule has 1 aromatic carbocycles. The van der Waals surface area contributed by atoms with Crippen LogP contribution in [-0.2, 0) is 0 Å². The van der Waals surface area contributed by atoms with Crippen molar-refractivity contribution in [1.82, 2.24) is 14.8 Å². The molecule has 3 aromatic rings. The summed E-state index contributed by atoms with van der Waals surface area (Å²) in [5.41, 5.74) is 9.07. The van der Waals surface area contributed by atoms with Gasteiger partial charge < -0.3 is 5.73 Å². The van der Waals surface area contributed by atoms with Gasteiger partial charge in [0, 0.05) is 6.20 Å². The Morgan fingerprint density at radius 1 is 1.10 bits per heavy atom. The normalized spacial score (nSPS) is 12.3. The van der Waals surface area contributed by atoms with E-state index in [1.165, 1.54) is 0 Å². The van der Waals surface area contributed by atoms with Gasteiger partial charge in [0.05, 0.1) is 15.9 Å². The molecule has 0 fully saturated rings. The molecular weight excluding hydrogens is 328 g/mol. The van der Waals surface area contributed by atoms with E-state index < -0.39 is 0 Å². The first-order valence-corrected chi connectivity index (χ1v) is 7.43. The number of benzene rings is 1. The highest BCUT2D eigenvalue weighted by Crippen LogP contribution is 2.32. The monoisotopic (exact) mass is 342 g/mol. The molecule has 2 N–H and O–H groups in total. The number of rotatable bonds is 3. The Kier molecular flexibility index (Phi) is 3.75. The first kappa shape index (κ1) is 13.8. The fourth-order valence-electron chi connectivity index (χ4n) is 2.35. The number of nitrogen functional groups attached to an aromatic ring is 1. The van der Waals surface area contributed by atoms with Crippen LogP contribution in [0.4, 0.5) is 5.82 Å². The third-order valence-corrected chi connectivity index (χ3v) is 4.35. The molecule has 0 saturated heterocycles. The third-order valence-electron chi connectivity index (χ3n) is 3.37. The van der Waals surface area contributed by atoms with Crippen LogP contribution in [0.3, 0.4) is 0 Å². The van der Waals surface area contributed by atoms with E-state index in [2.05, 4.69) is 38.1 Å². The number of hydrogen-bond acceptors (Lipinski definition) is 3. The van der Waals surface area contributed by atoms with Crippen molar-refractivity contribution in [2.45, 2.75) is 13.0 Å². The lowest BCUT2D eigenvalue weighted by Gasteiger charge is -2.19. The number of halogens is 1. The van der Waals surface area contributed by atoms with Gasteiger partial charge in [-0.25, -0.2) is 4.68 Å². The Bertz CT molecular complexity index is 698. The summed E-state index contributed by atoms with van der Waals surface area (Å²) in [7, 11) is 0. The van der Waals surface area contributed by atoms with E-state index in [9.17, 15) is 0 Å². The molecule has 0 radical (unpaired) electrons. The van der Waals surface area contributed by atoms with Crippen LogP contribution >= 0.6 is 15.9 Å². The lowest BCUT2D eigenvalue weighted by atomic mass is 10.0. The SMILES string of the molecule is Cc1nn(C(c2ccccc2)c2ccccn2)c(N)c1Br. The van der Waals surface area contributed by atoms with Crippen LogP contribution in [0.2, 0.25) is 0 Å². The molecule has 0 aliphatic carbocycles. The number of anilines is 1. The van der Waals surface area contributed by atoms with Gasteiger partial charge in [-0.05, 0) is 40.5 Å². The minimum Gasteiger partial charge on any atom is -0.383 e. The second-order valence-electron chi connectivity index (χ2n) is 4.80. The summed E-state index contributed by atoms with van der Waals surface area (Å²) in [5.74, 6) is 0.604. The molecule has 1 atom stereocenters. The number of nitrogens with zero attached hydrogens (tertiary/aromatic N) is 3. The Morgan fingerprint density at radius 2 is 1.81 bits per heavy atom. The molecular formula is C16H15BrN4. The smallest absolute Gasteiger partial charge is 0.137 e. The van der Waals surface area contributed by atoms with Crippen LogP contribution in [-0.4, -0.2) is 14.8 Å². The summed E-state index contributed by atoms with van der Waals surface area (Å²) in [6, 6.07) is 15.8. The maximum absolute atomic E-state index is 6.20.